The molecule has 1 aromatic heterocycles. The summed E-state index contributed by atoms with van der Waals surface area (Å²) in [6.07, 6.45) is 6.39. The summed E-state index contributed by atoms with van der Waals surface area (Å²) in [4.78, 5) is 10.5. The Labute approximate surface area is 72.4 Å². The molecule has 0 saturated carbocycles. The summed E-state index contributed by atoms with van der Waals surface area (Å²) in [5, 5.41) is 0. The van der Waals surface area contributed by atoms with Crippen molar-refractivity contribution in [2.75, 3.05) is 18.0 Å². The maximum Gasteiger partial charge on any atom is 0.147 e. The Hall–Kier alpha value is -1.12. The van der Waals surface area contributed by atoms with E-state index in [0.29, 0.717) is 5.92 Å². The summed E-state index contributed by atoms with van der Waals surface area (Å²) in [6.45, 7) is 6.10. The Balaban J connectivity index is 2.11. The van der Waals surface area contributed by atoms with Gasteiger partial charge in [0.25, 0.3) is 0 Å². The first-order chi connectivity index (χ1) is 5.86. The molecule has 0 aliphatic carbocycles. The number of hydrogen-bond donors (Lipinski definition) is 0. The van der Waals surface area contributed by atoms with Crippen LogP contribution in [0.5, 0.6) is 0 Å². The molecule has 63 valence electrons. The molecular weight excluding hydrogens is 150 g/mol. The van der Waals surface area contributed by atoms with Gasteiger partial charge < -0.3 is 4.90 Å². The van der Waals surface area contributed by atoms with Crippen molar-refractivity contribution in [1.82, 2.24) is 9.97 Å². The molecule has 1 radical (unpaired) electrons. The smallest absolute Gasteiger partial charge is 0.147 e. The molecule has 2 rings (SSSR count). The van der Waals surface area contributed by atoms with Crippen LogP contribution in [0.4, 0.5) is 5.82 Å². The molecule has 1 fully saturated rings. The summed E-state index contributed by atoms with van der Waals surface area (Å²) in [6, 6.07) is 0. The molecule has 1 unspecified atom stereocenters. The van der Waals surface area contributed by atoms with Crippen LogP contribution in [0.3, 0.4) is 0 Å². The molecule has 3 heteroatoms. The highest BCUT2D eigenvalue weighted by Gasteiger charge is 2.19. The fourth-order valence-corrected chi connectivity index (χ4v) is 1.50. The number of anilines is 1. The summed E-state index contributed by atoms with van der Waals surface area (Å²) in [7, 11) is 0. The van der Waals surface area contributed by atoms with Gasteiger partial charge >= 0.3 is 0 Å². The van der Waals surface area contributed by atoms with Crippen LogP contribution in [-0.2, 0) is 0 Å². The van der Waals surface area contributed by atoms with Crippen molar-refractivity contribution < 1.29 is 0 Å². The lowest BCUT2D eigenvalue weighted by molar-refractivity contribution is 0.733. The Bertz CT molecular complexity index is 247. The van der Waals surface area contributed by atoms with E-state index in [1.54, 1.807) is 18.6 Å². The topological polar surface area (TPSA) is 29.0 Å². The Morgan fingerprint density at radius 2 is 2.42 bits per heavy atom. The van der Waals surface area contributed by atoms with E-state index in [0.717, 1.165) is 25.3 Å². The highest BCUT2D eigenvalue weighted by Crippen LogP contribution is 2.19. The second kappa shape index (κ2) is 3.09. The van der Waals surface area contributed by atoms with E-state index in [9.17, 15) is 0 Å². The van der Waals surface area contributed by atoms with Gasteiger partial charge in [0.1, 0.15) is 5.82 Å². The minimum absolute atomic E-state index is 0.548. The third-order valence-electron chi connectivity index (χ3n) is 2.16. The second-order valence-electron chi connectivity index (χ2n) is 3.16. The lowest BCUT2D eigenvalue weighted by Crippen LogP contribution is -2.20. The molecule has 2 heterocycles. The average Bonchev–Trinajstić information content (AvgIpc) is 2.54. The molecule has 1 atom stereocenters. The molecule has 1 aliphatic heterocycles. The van der Waals surface area contributed by atoms with E-state index in [1.165, 1.54) is 0 Å². The van der Waals surface area contributed by atoms with Crippen LogP contribution in [0.25, 0.3) is 0 Å². The first kappa shape index (κ1) is 7.53. The van der Waals surface area contributed by atoms with Crippen molar-refractivity contribution in [1.29, 1.82) is 0 Å². The third-order valence-corrected chi connectivity index (χ3v) is 2.16. The van der Waals surface area contributed by atoms with E-state index in [4.69, 9.17) is 0 Å². The second-order valence-corrected chi connectivity index (χ2v) is 3.16. The van der Waals surface area contributed by atoms with Gasteiger partial charge in [-0.2, -0.15) is 0 Å². The quantitative estimate of drug-likeness (QED) is 0.620. The number of aromatic nitrogens is 2. The third kappa shape index (κ3) is 1.40. The number of hydrogen-bond acceptors (Lipinski definition) is 3. The fraction of sp³-hybridized carbons (Fsp3) is 0.444. The summed E-state index contributed by atoms with van der Waals surface area (Å²) < 4.78 is 0. The monoisotopic (exact) mass is 162 g/mol. The molecule has 0 bridgehead atoms. The Morgan fingerprint density at radius 1 is 1.50 bits per heavy atom. The SMILES string of the molecule is [CH2]C1CCN(c2cnccn2)C1. The molecule has 0 amide bonds. The number of rotatable bonds is 1. The van der Waals surface area contributed by atoms with E-state index in [2.05, 4.69) is 21.8 Å². The average molecular weight is 162 g/mol. The van der Waals surface area contributed by atoms with Crippen LogP contribution >= 0.6 is 0 Å². The summed E-state index contributed by atoms with van der Waals surface area (Å²) in [5.41, 5.74) is 0. The molecular formula is C9H12N3. The lowest BCUT2D eigenvalue weighted by atomic mass is 10.2. The van der Waals surface area contributed by atoms with Crippen molar-refractivity contribution in [3.8, 4) is 0 Å². The van der Waals surface area contributed by atoms with Crippen LogP contribution in [-0.4, -0.2) is 23.1 Å². The van der Waals surface area contributed by atoms with Crippen LogP contribution < -0.4 is 4.90 Å². The van der Waals surface area contributed by atoms with E-state index in [-0.39, 0.29) is 0 Å². The van der Waals surface area contributed by atoms with Crippen molar-refractivity contribution in [3.05, 3.63) is 25.5 Å². The van der Waals surface area contributed by atoms with Gasteiger partial charge in [0.15, 0.2) is 0 Å². The molecule has 0 N–H and O–H groups in total. The fourth-order valence-electron chi connectivity index (χ4n) is 1.50. The van der Waals surface area contributed by atoms with Crippen molar-refractivity contribution >= 4 is 5.82 Å². The predicted molar refractivity (Wildman–Crippen MR) is 47.7 cm³/mol. The van der Waals surface area contributed by atoms with Gasteiger partial charge in [-0.25, -0.2) is 4.98 Å². The molecule has 12 heavy (non-hydrogen) atoms. The lowest BCUT2D eigenvalue weighted by Gasteiger charge is -2.15. The first-order valence-corrected chi connectivity index (χ1v) is 4.20. The van der Waals surface area contributed by atoms with Gasteiger partial charge in [-0.05, 0) is 19.3 Å². The normalized spacial score (nSPS) is 23.1. The molecule has 0 aromatic carbocycles. The van der Waals surface area contributed by atoms with Gasteiger partial charge in [-0.1, -0.05) is 0 Å². The minimum Gasteiger partial charge on any atom is -0.355 e. The zero-order valence-electron chi connectivity index (χ0n) is 6.98. The van der Waals surface area contributed by atoms with Gasteiger partial charge in [0.05, 0.1) is 6.20 Å². The molecule has 1 aromatic rings. The van der Waals surface area contributed by atoms with Crippen molar-refractivity contribution in [2.24, 2.45) is 5.92 Å². The van der Waals surface area contributed by atoms with E-state index in [1.807, 2.05) is 0 Å². The van der Waals surface area contributed by atoms with Gasteiger partial charge in [0, 0.05) is 25.5 Å². The van der Waals surface area contributed by atoms with Crippen molar-refractivity contribution in [3.63, 3.8) is 0 Å². The predicted octanol–water partition coefficient (Wildman–Crippen LogP) is 1.14. The highest BCUT2D eigenvalue weighted by atomic mass is 15.2. The first-order valence-electron chi connectivity index (χ1n) is 4.20. The number of nitrogens with zero attached hydrogens (tertiary/aromatic N) is 3. The van der Waals surface area contributed by atoms with Gasteiger partial charge in [-0.15, -0.1) is 0 Å². The standard InChI is InChI=1S/C9H12N3/c1-8-2-5-12(7-8)9-6-10-3-4-11-9/h3-4,6,8H,1-2,5,7H2. The molecule has 1 saturated heterocycles. The zero-order chi connectivity index (χ0) is 8.39. The van der Waals surface area contributed by atoms with Crippen LogP contribution in [0.15, 0.2) is 18.6 Å². The summed E-state index contributed by atoms with van der Waals surface area (Å²) in [5.74, 6) is 1.52. The maximum atomic E-state index is 4.23. The highest BCUT2D eigenvalue weighted by molar-refractivity contribution is 5.36. The Kier molecular flexibility index (Phi) is 1.94. The van der Waals surface area contributed by atoms with E-state index < -0.39 is 0 Å². The van der Waals surface area contributed by atoms with Crippen LogP contribution in [0, 0.1) is 12.8 Å². The molecule has 1 aliphatic rings. The van der Waals surface area contributed by atoms with Crippen molar-refractivity contribution in [2.45, 2.75) is 6.42 Å². The zero-order valence-corrected chi connectivity index (χ0v) is 6.98. The van der Waals surface area contributed by atoms with Gasteiger partial charge in [-0.3, -0.25) is 4.98 Å². The van der Waals surface area contributed by atoms with Crippen LogP contribution in [0.1, 0.15) is 6.42 Å². The van der Waals surface area contributed by atoms with Crippen LogP contribution in [0.2, 0.25) is 0 Å². The molecule has 0 spiro atoms. The largest absolute Gasteiger partial charge is 0.355 e. The maximum absolute atomic E-state index is 4.23. The summed E-state index contributed by atoms with van der Waals surface area (Å²) >= 11 is 0. The van der Waals surface area contributed by atoms with Gasteiger partial charge in [0.2, 0.25) is 0 Å². The minimum atomic E-state index is 0.548. The Morgan fingerprint density at radius 3 is 3.00 bits per heavy atom. The van der Waals surface area contributed by atoms with E-state index >= 15 is 0 Å². The molecule has 3 nitrogen and oxygen atoms in total.